The maximum absolute atomic E-state index is 11.9. The molecule has 0 aromatic carbocycles. The maximum Gasteiger partial charge on any atom is 0.239 e. The summed E-state index contributed by atoms with van der Waals surface area (Å²) in [6, 6.07) is -0.397. The first-order valence-electron chi connectivity index (χ1n) is 6.60. The number of nitrogens with zero attached hydrogens (tertiary/aromatic N) is 2. The second kappa shape index (κ2) is 5.80. The smallest absolute Gasteiger partial charge is 0.239 e. The van der Waals surface area contributed by atoms with Crippen LogP contribution < -0.4 is 5.73 Å². The highest BCUT2D eigenvalue weighted by Gasteiger charge is 2.27. The quantitative estimate of drug-likeness (QED) is 0.908. The van der Waals surface area contributed by atoms with Gasteiger partial charge in [-0.15, -0.1) is 11.3 Å². The topological polar surface area (TPSA) is 59.2 Å². The summed E-state index contributed by atoms with van der Waals surface area (Å²) in [4.78, 5) is 18.5. The summed E-state index contributed by atoms with van der Waals surface area (Å²) in [6.45, 7) is 5.48. The number of nitrogens with two attached hydrogens (primary N) is 1. The van der Waals surface area contributed by atoms with Crippen molar-refractivity contribution < 1.29 is 4.79 Å². The largest absolute Gasteiger partial charge is 0.341 e. The summed E-state index contributed by atoms with van der Waals surface area (Å²) in [6.07, 6.45) is 3.15. The van der Waals surface area contributed by atoms with Crippen molar-refractivity contribution in [2.24, 2.45) is 5.73 Å². The Morgan fingerprint density at radius 1 is 1.72 bits per heavy atom. The molecule has 0 spiro atoms. The number of amides is 1. The highest BCUT2D eigenvalue weighted by molar-refractivity contribution is 7.09. The number of thiazole rings is 1. The Hall–Kier alpha value is -0.940. The third-order valence-electron chi connectivity index (χ3n) is 3.40. The van der Waals surface area contributed by atoms with E-state index >= 15 is 0 Å². The van der Waals surface area contributed by atoms with E-state index in [4.69, 9.17) is 5.73 Å². The summed E-state index contributed by atoms with van der Waals surface area (Å²) >= 11 is 1.72. The average Bonchev–Trinajstić information content (AvgIpc) is 2.86. The van der Waals surface area contributed by atoms with E-state index in [2.05, 4.69) is 17.3 Å². The zero-order valence-electron chi connectivity index (χ0n) is 11.1. The van der Waals surface area contributed by atoms with Crippen LogP contribution in [0.15, 0.2) is 5.38 Å². The Balaban J connectivity index is 2.04. The Labute approximate surface area is 112 Å². The van der Waals surface area contributed by atoms with Gasteiger partial charge in [0.1, 0.15) is 0 Å². The van der Waals surface area contributed by atoms with Crippen molar-refractivity contribution in [3.63, 3.8) is 0 Å². The molecule has 4 nitrogen and oxygen atoms in total. The van der Waals surface area contributed by atoms with E-state index in [1.54, 1.807) is 18.3 Å². The Morgan fingerprint density at radius 3 is 3.11 bits per heavy atom. The Morgan fingerprint density at radius 2 is 2.50 bits per heavy atom. The normalized spacial score (nSPS) is 21.9. The van der Waals surface area contributed by atoms with Crippen LogP contribution in [0.3, 0.4) is 0 Å². The fourth-order valence-corrected chi connectivity index (χ4v) is 3.37. The van der Waals surface area contributed by atoms with Gasteiger partial charge in [0.15, 0.2) is 0 Å². The molecule has 2 rings (SSSR count). The molecule has 2 unspecified atom stereocenters. The highest BCUT2D eigenvalue weighted by atomic mass is 32.1. The van der Waals surface area contributed by atoms with Crippen molar-refractivity contribution in [3.8, 4) is 0 Å². The molecule has 0 bridgehead atoms. The molecule has 18 heavy (non-hydrogen) atoms. The van der Waals surface area contributed by atoms with Crippen molar-refractivity contribution in [1.29, 1.82) is 0 Å². The lowest BCUT2D eigenvalue weighted by molar-refractivity contribution is -0.133. The number of likely N-dealkylation sites (tertiary alicyclic amines) is 1. The predicted molar refractivity (Wildman–Crippen MR) is 73.7 cm³/mol. The van der Waals surface area contributed by atoms with Crippen LogP contribution in [0.4, 0.5) is 0 Å². The van der Waals surface area contributed by atoms with Gasteiger partial charge in [0.25, 0.3) is 0 Å². The summed E-state index contributed by atoms with van der Waals surface area (Å²) in [7, 11) is 0. The molecule has 1 aliphatic heterocycles. The second-order valence-corrected chi connectivity index (χ2v) is 5.83. The molecule has 0 saturated carbocycles. The van der Waals surface area contributed by atoms with Gasteiger partial charge >= 0.3 is 0 Å². The van der Waals surface area contributed by atoms with Crippen LogP contribution in [-0.2, 0) is 11.2 Å². The first-order valence-corrected chi connectivity index (χ1v) is 7.48. The molecule has 2 atom stereocenters. The Kier molecular flexibility index (Phi) is 4.35. The average molecular weight is 267 g/mol. The van der Waals surface area contributed by atoms with E-state index in [1.165, 1.54) is 5.01 Å². The lowest BCUT2D eigenvalue weighted by Crippen LogP contribution is -2.46. The zero-order valence-corrected chi connectivity index (χ0v) is 11.9. The second-order valence-electron chi connectivity index (χ2n) is 4.94. The van der Waals surface area contributed by atoms with Crippen LogP contribution in [0.1, 0.15) is 43.3 Å². The van der Waals surface area contributed by atoms with Crippen LogP contribution in [0, 0.1) is 0 Å². The molecule has 0 aliphatic carbocycles. The van der Waals surface area contributed by atoms with E-state index in [0.717, 1.165) is 38.0 Å². The SMILES string of the molecule is CCc1csc(C2CCCN(C(=O)C(C)N)C2)n1. The molecular formula is C13H21N3OS. The van der Waals surface area contributed by atoms with Gasteiger partial charge in [-0.1, -0.05) is 6.92 Å². The summed E-state index contributed by atoms with van der Waals surface area (Å²) in [5.74, 6) is 0.457. The number of aryl methyl sites for hydroxylation is 1. The van der Waals surface area contributed by atoms with E-state index < -0.39 is 6.04 Å². The molecule has 1 aromatic heterocycles. The summed E-state index contributed by atoms with van der Waals surface area (Å²) in [5, 5.41) is 3.30. The maximum atomic E-state index is 11.9. The van der Waals surface area contributed by atoms with Crippen LogP contribution in [0.2, 0.25) is 0 Å². The molecule has 5 heteroatoms. The molecule has 1 amide bonds. The van der Waals surface area contributed by atoms with Gasteiger partial charge in [-0.3, -0.25) is 4.79 Å². The number of hydrogen-bond acceptors (Lipinski definition) is 4. The van der Waals surface area contributed by atoms with Crippen LogP contribution in [0.5, 0.6) is 0 Å². The monoisotopic (exact) mass is 267 g/mol. The van der Waals surface area contributed by atoms with Gasteiger partial charge in [0, 0.05) is 24.4 Å². The van der Waals surface area contributed by atoms with Crippen molar-refractivity contribution >= 4 is 17.2 Å². The molecule has 1 saturated heterocycles. The van der Waals surface area contributed by atoms with Crippen molar-refractivity contribution in [2.45, 2.75) is 45.1 Å². The minimum Gasteiger partial charge on any atom is -0.341 e. The number of carbonyl (C=O) groups excluding carboxylic acids is 1. The third-order valence-corrected chi connectivity index (χ3v) is 4.46. The van der Waals surface area contributed by atoms with E-state index in [1.807, 2.05) is 4.90 Å². The van der Waals surface area contributed by atoms with Crippen molar-refractivity contribution in [3.05, 3.63) is 16.1 Å². The number of piperidine rings is 1. The van der Waals surface area contributed by atoms with Gasteiger partial charge in [-0.05, 0) is 26.2 Å². The minimum atomic E-state index is -0.397. The van der Waals surface area contributed by atoms with Crippen molar-refractivity contribution in [1.82, 2.24) is 9.88 Å². The van der Waals surface area contributed by atoms with Gasteiger partial charge in [0.05, 0.1) is 16.7 Å². The lowest BCUT2D eigenvalue weighted by Gasteiger charge is -2.32. The minimum absolute atomic E-state index is 0.0620. The number of rotatable bonds is 3. The van der Waals surface area contributed by atoms with Gasteiger partial charge in [-0.25, -0.2) is 4.98 Å². The molecule has 1 aromatic rings. The fourth-order valence-electron chi connectivity index (χ4n) is 2.34. The van der Waals surface area contributed by atoms with E-state index in [9.17, 15) is 4.79 Å². The molecule has 2 N–H and O–H groups in total. The standard InChI is InChI=1S/C13H21N3OS/c1-3-11-8-18-12(15-11)10-5-4-6-16(7-10)13(17)9(2)14/h8-10H,3-7,14H2,1-2H3. The lowest BCUT2D eigenvalue weighted by atomic mass is 9.98. The summed E-state index contributed by atoms with van der Waals surface area (Å²) in [5.41, 5.74) is 6.83. The number of hydrogen-bond donors (Lipinski definition) is 1. The molecule has 0 radical (unpaired) electrons. The molecule has 1 fully saturated rings. The number of aromatic nitrogens is 1. The zero-order chi connectivity index (χ0) is 13.1. The third kappa shape index (κ3) is 2.90. The van der Waals surface area contributed by atoms with Gasteiger partial charge in [-0.2, -0.15) is 0 Å². The van der Waals surface area contributed by atoms with E-state index in [0.29, 0.717) is 5.92 Å². The van der Waals surface area contributed by atoms with E-state index in [-0.39, 0.29) is 5.91 Å². The highest BCUT2D eigenvalue weighted by Crippen LogP contribution is 2.29. The molecule has 2 heterocycles. The first kappa shape index (κ1) is 13.5. The Bertz CT molecular complexity index is 416. The van der Waals surface area contributed by atoms with Crippen LogP contribution in [-0.4, -0.2) is 34.9 Å². The molecule has 1 aliphatic rings. The van der Waals surface area contributed by atoms with Crippen molar-refractivity contribution in [2.75, 3.05) is 13.1 Å². The van der Waals surface area contributed by atoms with Gasteiger partial charge in [0.2, 0.25) is 5.91 Å². The van der Waals surface area contributed by atoms with Crippen LogP contribution >= 0.6 is 11.3 Å². The first-order chi connectivity index (χ1) is 8.61. The number of carbonyl (C=O) groups is 1. The predicted octanol–water partition coefficient (Wildman–Crippen LogP) is 1.76. The summed E-state index contributed by atoms with van der Waals surface area (Å²) < 4.78 is 0. The molecular weight excluding hydrogens is 246 g/mol. The van der Waals surface area contributed by atoms with Gasteiger partial charge < -0.3 is 10.6 Å². The fraction of sp³-hybridized carbons (Fsp3) is 0.692. The molecule has 100 valence electrons. The van der Waals surface area contributed by atoms with Crippen LogP contribution in [0.25, 0.3) is 0 Å².